The highest BCUT2D eigenvalue weighted by atomic mass is 32.2. The number of sulfonamides is 1. The Kier molecular flexibility index (Phi) is 6.15. The summed E-state index contributed by atoms with van der Waals surface area (Å²) in [6.07, 6.45) is 0. The molecule has 146 valence electrons. The van der Waals surface area contributed by atoms with E-state index in [0.717, 1.165) is 11.1 Å². The molecule has 6 nitrogen and oxygen atoms in total. The molecular formula is C19H31N3O3S. The van der Waals surface area contributed by atoms with Gasteiger partial charge in [0.1, 0.15) is 0 Å². The Morgan fingerprint density at radius 2 is 1.69 bits per heavy atom. The normalized spacial score (nSPS) is 18.5. The minimum atomic E-state index is -3.50. The summed E-state index contributed by atoms with van der Waals surface area (Å²) in [5.41, 5.74) is 1.54. The van der Waals surface area contributed by atoms with Crippen molar-refractivity contribution in [3.8, 4) is 0 Å². The summed E-state index contributed by atoms with van der Waals surface area (Å²) in [6.45, 7) is 13.4. The molecule has 0 spiro atoms. The van der Waals surface area contributed by atoms with Crippen LogP contribution >= 0.6 is 0 Å². The first-order valence-corrected chi connectivity index (χ1v) is 10.5. The van der Waals surface area contributed by atoms with Crippen LogP contribution in [0.2, 0.25) is 0 Å². The number of nitrogens with zero attached hydrogens (tertiary/aromatic N) is 2. The van der Waals surface area contributed by atoms with Crippen molar-refractivity contribution in [1.82, 2.24) is 14.5 Å². The van der Waals surface area contributed by atoms with Gasteiger partial charge in [-0.3, -0.25) is 9.69 Å². The minimum absolute atomic E-state index is 0.0248. The molecule has 1 aliphatic heterocycles. The maximum Gasteiger partial charge on any atom is 0.243 e. The Morgan fingerprint density at radius 1 is 1.12 bits per heavy atom. The van der Waals surface area contributed by atoms with Crippen molar-refractivity contribution in [2.45, 2.75) is 58.0 Å². The quantitative estimate of drug-likeness (QED) is 0.865. The molecule has 1 fully saturated rings. The lowest BCUT2D eigenvalue weighted by Gasteiger charge is -2.37. The molecule has 1 aromatic rings. The third-order valence-corrected chi connectivity index (χ3v) is 6.71. The zero-order valence-corrected chi connectivity index (χ0v) is 17.5. The van der Waals surface area contributed by atoms with E-state index >= 15 is 0 Å². The van der Waals surface area contributed by atoms with Crippen molar-refractivity contribution < 1.29 is 13.2 Å². The number of aryl methyl sites for hydroxylation is 2. The molecule has 2 rings (SSSR count). The lowest BCUT2D eigenvalue weighted by molar-refractivity contribution is -0.127. The second-order valence-electron chi connectivity index (χ2n) is 8.12. The van der Waals surface area contributed by atoms with E-state index in [9.17, 15) is 13.2 Å². The average Bonchev–Trinajstić information content (AvgIpc) is 2.52. The largest absolute Gasteiger partial charge is 0.350 e. The molecule has 1 unspecified atom stereocenters. The van der Waals surface area contributed by atoms with Gasteiger partial charge in [0, 0.05) is 31.7 Å². The molecule has 1 saturated heterocycles. The summed E-state index contributed by atoms with van der Waals surface area (Å²) in [6, 6.07) is 5.13. The van der Waals surface area contributed by atoms with Gasteiger partial charge in [0.15, 0.2) is 0 Å². The molecule has 1 heterocycles. The van der Waals surface area contributed by atoms with Gasteiger partial charge in [-0.25, -0.2) is 8.42 Å². The third-order valence-electron chi connectivity index (χ3n) is 4.65. The van der Waals surface area contributed by atoms with E-state index in [1.807, 2.05) is 58.6 Å². The van der Waals surface area contributed by atoms with E-state index in [0.29, 0.717) is 31.1 Å². The van der Waals surface area contributed by atoms with Crippen LogP contribution in [0.4, 0.5) is 0 Å². The van der Waals surface area contributed by atoms with Crippen LogP contribution in [0.15, 0.2) is 23.1 Å². The summed E-state index contributed by atoms with van der Waals surface area (Å²) in [4.78, 5) is 14.8. The van der Waals surface area contributed by atoms with Gasteiger partial charge >= 0.3 is 0 Å². The molecule has 1 aromatic carbocycles. The number of benzene rings is 1. The van der Waals surface area contributed by atoms with Gasteiger partial charge in [-0.1, -0.05) is 17.7 Å². The Bertz CT molecular complexity index is 761. The second kappa shape index (κ2) is 7.66. The lowest BCUT2D eigenvalue weighted by atomic mass is 10.1. The zero-order valence-electron chi connectivity index (χ0n) is 16.7. The molecule has 0 saturated carbocycles. The van der Waals surface area contributed by atoms with Crippen molar-refractivity contribution >= 4 is 15.9 Å². The SMILES string of the molecule is Cc1ccc(S(=O)(=O)N2CCN(C(C)C(=O)NC(C)(C)C)CC2)c(C)c1. The van der Waals surface area contributed by atoms with Gasteiger partial charge in [-0.05, 0) is 53.2 Å². The molecule has 0 radical (unpaired) electrons. The van der Waals surface area contributed by atoms with Crippen molar-refractivity contribution in [1.29, 1.82) is 0 Å². The van der Waals surface area contributed by atoms with Crippen LogP contribution in [-0.2, 0) is 14.8 Å². The first kappa shape index (κ1) is 20.9. The van der Waals surface area contributed by atoms with Crippen LogP contribution in [0.3, 0.4) is 0 Å². The van der Waals surface area contributed by atoms with Crippen molar-refractivity contribution in [3.05, 3.63) is 29.3 Å². The van der Waals surface area contributed by atoms with Crippen LogP contribution in [0.5, 0.6) is 0 Å². The van der Waals surface area contributed by atoms with E-state index in [1.165, 1.54) is 4.31 Å². The number of carbonyl (C=O) groups is 1. The molecule has 1 atom stereocenters. The number of nitrogens with one attached hydrogen (secondary N) is 1. The second-order valence-corrected chi connectivity index (χ2v) is 10.0. The van der Waals surface area contributed by atoms with E-state index in [-0.39, 0.29) is 17.5 Å². The van der Waals surface area contributed by atoms with E-state index in [1.54, 1.807) is 6.07 Å². The number of piperazine rings is 1. The summed E-state index contributed by atoms with van der Waals surface area (Å²) < 4.78 is 27.4. The minimum Gasteiger partial charge on any atom is -0.350 e. The van der Waals surface area contributed by atoms with E-state index in [2.05, 4.69) is 5.32 Å². The Morgan fingerprint density at radius 3 is 2.19 bits per heavy atom. The molecule has 26 heavy (non-hydrogen) atoms. The maximum atomic E-state index is 12.9. The van der Waals surface area contributed by atoms with Crippen LogP contribution < -0.4 is 5.32 Å². The van der Waals surface area contributed by atoms with Crippen LogP contribution in [0.1, 0.15) is 38.8 Å². The van der Waals surface area contributed by atoms with Gasteiger partial charge in [0.2, 0.25) is 15.9 Å². The van der Waals surface area contributed by atoms with Gasteiger partial charge in [0.05, 0.1) is 10.9 Å². The molecule has 1 amide bonds. The van der Waals surface area contributed by atoms with Gasteiger partial charge in [-0.15, -0.1) is 0 Å². The van der Waals surface area contributed by atoms with E-state index < -0.39 is 10.0 Å². The fourth-order valence-corrected chi connectivity index (χ4v) is 4.83. The molecule has 0 aromatic heterocycles. The topological polar surface area (TPSA) is 69.7 Å². The third kappa shape index (κ3) is 4.84. The first-order chi connectivity index (χ1) is 11.9. The predicted molar refractivity (Wildman–Crippen MR) is 104 cm³/mol. The Balaban J connectivity index is 2.04. The summed E-state index contributed by atoms with van der Waals surface area (Å²) >= 11 is 0. The predicted octanol–water partition coefficient (Wildman–Crippen LogP) is 1.91. The fraction of sp³-hybridized carbons (Fsp3) is 0.632. The maximum absolute atomic E-state index is 12.9. The molecule has 0 aliphatic carbocycles. The average molecular weight is 382 g/mol. The molecule has 1 N–H and O–H groups in total. The molecule has 1 aliphatic rings. The van der Waals surface area contributed by atoms with E-state index in [4.69, 9.17) is 0 Å². The first-order valence-electron chi connectivity index (χ1n) is 9.05. The highest BCUT2D eigenvalue weighted by Gasteiger charge is 2.33. The Hall–Kier alpha value is -1.44. The monoisotopic (exact) mass is 381 g/mol. The number of hydrogen-bond acceptors (Lipinski definition) is 4. The molecular weight excluding hydrogens is 350 g/mol. The van der Waals surface area contributed by atoms with Crippen molar-refractivity contribution in [2.75, 3.05) is 26.2 Å². The number of carbonyl (C=O) groups excluding carboxylic acids is 1. The molecule has 0 bridgehead atoms. The van der Waals surface area contributed by atoms with Gasteiger partial charge in [-0.2, -0.15) is 4.31 Å². The van der Waals surface area contributed by atoms with Gasteiger partial charge in [0.25, 0.3) is 0 Å². The number of hydrogen-bond donors (Lipinski definition) is 1. The highest BCUT2D eigenvalue weighted by Crippen LogP contribution is 2.22. The lowest BCUT2D eigenvalue weighted by Crippen LogP contribution is -2.56. The Labute approximate surface area is 157 Å². The summed E-state index contributed by atoms with van der Waals surface area (Å²) in [5.74, 6) is -0.0248. The zero-order chi connectivity index (χ0) is 19.7. The van der Waals surface area contributed by atoms with Crippen LogP contribution in [0, 0.1) is 13.8 Å². The standard InChI is InChI=1S/C19H31N3O3S/c1-14-7-8-17(15(2)13-14)26(24,25)22-11-9-21(10-12-22)16(3)18(23)20-19(4,5)6/h7-8,13,16H,9-12H2,1-6H3,(H,20,23). The van der Waals surface area contributed by atoms with Gasteiger partial charge < -0.3 is 5.32 Å². The van der Waals surface area contributed by atoms with Crippen LogP contribution in [0.25, 0.3) is 0 Å². The summed E-state index contributed by atoms with van der Waals surface area (Å²) in [7, 11) is -3.50. The van der Waals surface area contributed by atoms with Crippen molar-refractivity contribution in [2.24, 2.45) is 0 Å². The summed E-state index contributed by atoms with van der Waals surface area (Å²) in [5, 5.41) is 2.98. The number of rotatable bonds is 4. The number of amides is 1. The molecule has 7 heteroatoms. The highest BCUT2D eigenvalue weighted by molar-refractivity contribution is 7.89. The van der Waals surface area contributed by atoms with Crippen molar-refractivity contribution in [3.63, 3.8) is 0 Å². The smallest absolute Gasteiger partial charge is 0.243 e. The van der Waals surface area contributed by atoms with Crippen LogP contribution in [-0.4, -0.2) is 61.3 Å². The fourth-order valence-electron chi connectivity index (χ4n) is 3.20.